The summed E-state index contributed by atoms with van der Waals surface area (Å²) in [5.41, 5.74) is 1.70. The first-order valence-electron chi connectivity index (χ1n) is 9.49. The molecular weight excluding hydrogens is 410 g/mol. The standard InChI is InChI=1S/C21H24ClN3O3S/c1-3-20(26)24(10-11-28-2)14-21(27)25-18(15-7-4-5-8-16(15)22)13-17(23-25)19-9-6-12-29-19/h4-9,12,18H,3,10-11,13-14H2,1-2H3/t18-/m0/s1. The number of hydrogen-bond acceptors (Lipinski definition) is 5. The second kappa shape index (κ2) is 10.0. The van der Waals surface area contributed by atoms with Gasteiger partial charge in [-0.25, -0.2) is 5.01 Å². The Bertz CT molecular complexity index is 885. The molecule has 1 atom stereocenters. The highest BCUT2D eigenvalue weighted by atomic mass is 35.5. The number of thiophene rings is 1. The average molecular weight is 434 g/mol. The third kappa shape index (κ3) is 5.04. The van der Waals surface area contributed by atoms with Crippen molar-refractivity contribution in [3.05, 3.63) is 57.2 Å². The first kappa shape index (κ1) is 21.5. The Hall–Kier alpha value is -2.22. The molecule has 3 rings (SSSR count). The summed E-state index contributed by atoms with van der Waals surface area (Å²) in [5, 5.41) is 8.70. The monoisotopic (exact) mass is 433 g/mol. The zero-order valence-electron chi connectivity index (χ0n) is 16.5. The highest BCUT2D eigenvalue weighted by Crippen LogP contribution is 2.37. The second-order valence-electron chi connectivity index (χ2n) is 6.67. The Morgan fingerprint density at radius 2 is 2.10 bits per heavy atom. The number of rotatable bonds is 8. The second-order valence-corrected chi connectivity index (χ2v) is 8.02. The molecule has 154 valence electrons. The van der Waals surface area contributed by atoms with Crippen LogP contribution in [0.5, 0.6) is 0 Å². The molecular formula is C21H24ClN3O3S. The lowest BCUT2D eigenvalue weighted by atomic mass is 10.0. The molecule has 0 N–H and O–H groups in total. The van der Waals surface area contributed by atoms with Crippen LogP contribution in [0.1, 0.15) is 36.2 Å². The molecule has 8 heteroatoms. The maximum absolute atomic E-state index is 13.2. The number of hydrogen-bond donors (Lipinski definition) is 0. The highest BCUT2D eigenvalue weighted by Gasteiger charge is 2.35. The molecule has 0 fully saturated rings. The molecule has 0 radical (unpaired) electrons. The average Bonchev–Trinajstić information content (AvgIpc) is 3.40. The quantitative estimate of drug-likeness (QED) is 0.632. The number of amides is 2. The van der Waals surface area contributed by atoms with Crippen LogP contribution < -0.4 is 0 Å². The fourth-order valence-corrected chi connectivity index (χ4v) is 4.25. The smallest absolute Gasteiger partial charge is 0.262 e. The summed E-state index contributed by atoms with van der Waals surface area (Å²) in [6, 6.07) is 11.2. The topological polar surface area (TPSA) is 62.2 Å². The number of nitrogens with zero attached hydrogens (tertiary/aromatic N) is 3. The molecule has 6 nitrogen and oxygen atoms in total. The molecule has 1 aliphatic heterocycles. The van der Waals surface area contributed by atoms with Gasteiger partial charge in [-0.1, -0.05) is 42.8 Å². The number of halogens is 1. The molecule has 29 heavy (non-hydrogen) atoms. The van der Waals surface area contributed by atoms with E-state index >= 15 is 0 Å². The van der Waals surface area contributed by atoms with E-state index in [9.17, 15) is 9.59 Å². The lowest BCUT2D eigenvalue weighted by Crippen LogP contribution is -2.42. The van der Waals surface area contributed by atoms with Gasteiger partial charge >= 0.3 is 0 Å². The number of benzene rings is 1. The number of hydrazone groups is 1. The fourth-order valence-electron chi connectivity index (χ4n) is 3.27. The third-order valence-corrected chi connectivity index (χ3v) is 6.05. The van der Waals surface area contributed by atoms with E-state index in [4.69, 9.17) is 16.3 Å². The van der Waals surface area contributed by atoms with E-state index in [-0.39, 0.29) is 24.4 Å². The van der Waals surface area contributed by atoms with Crippen LogP contribution in [-0.2, 0) is 14.3 Å². The summed E-state index contributed by atoms with van der Waals surface area (Å²) >= 11 is 8.01. The van der Waals surface area contributed by atoms with Crippen LogP contribution in [0.3, 0.4) is 0 Å². The van der Waals surface area contributed by atoms with Gasteiger partial charge in [0.15, 0.2) is 0 Å². The normalized spacial score (nSPS) is 16.0. The van der Waals surface area contributed by atoms with Crippen molar-refractivity contribution in [1.82, 2.24) is 9.91 Å². The van der Waals surface area contributed by atoms with Crippen molar-refractivity contribution in [1.29, 1.82) is 0 Å². The number of carbonyl (C=O) groups is 2. The van der Waals surface area contributed by atoms with Crippen molar-refractivity contribution in [2.45, 2.75) is 25.8 Å². The van der Waals surface area contributed by atoms with Gasteiger partial charge in [0.25, 0.3) is 5.91 Å². The van der Waals surface area contributed by atoms with Crippen LogP contribution in [0, 0.1) is 0 Å². The molecule has 0 unspecified atom stereocenters. The molecule has 0 spiro atoms. The molecule has 2 aromatic rings. The summed E-state index contributed by atoms with van der Waals surface area (Å²) < 4.78 is 5.08. The minimum absolute atomic E-state index is 0.0434. The maximum atomic E-state index is 13.2. The first-order chi connectivity index (χ1) is 14.0. The molecule has 0 bridgehead atoms. The zero-order valence-corrected chi connectivity index (χ0v) is 18.1. The molecule has 2 amide bonds. The van der Waals surface area contributed by atoms with Crippen LogP contribution in [0.2, 0.25) is 5.02 Å². The summed E-state index contributed by atoms with van der Waals surface area (Å²) in [4.78, 5) is 28.0. The number of carbonyl (C=O) groups excluding carboxylic acids is 2. The van der Waals surface area contributed by atoms with Gasteiger partial charge in [-0.15, -0.1) is 11.3 Å². The van der Waals surface area contributed by atoms with Crippen molar-refractivity contribution >= 4 is 40.5 Å². The predicted octanol–water partition coefficient (Wildman–Crippen LogP) is 3.96. The van der Waals surface area contributed by atoms with Gasteiger partial charge in [-0.05, 0) is 23.1 Å². The number of ether oxygens (including phenoxy) is 1. The highest BCUT2D eigenvalue weighted by molar-refractivity contribution is 7.12. The van der Waals surface area contributed by atoms with E-state index < -0.39 is 0 Å². The Balaban J connectivity index is 1.87. The van der Waals surface area contributed by atoms with Gasteiger partial charge in [0.2, 0.25) is 5.91 Å². The molecule has 0 aliphatic carbocycles. The molecule has 1 aromatic carbocycles. The van der Waals surface area contributed by atoms with E-state index in [1.54, 1.807) is 25.4 Å². The van der Waals surface area contributed by atoms with Crippen molar-refractivity contribution in [2.24, 2.45) is 5.10 Å². The van der Waals surface area contributed by atoms with Gasteiger partial charge in [0, 0.05) is 31.5 Å². The van der Waals surface area contributed by atoms with Gasteiger partial charge in [0.05, 0.1) is 23.2 Å². The van der Waals surface area contributed by atoms with Crippen LogP contribution >= 0.6 is 22.9 Å². The Morgan fingerprint density at radius 1 is 1.31 bits per heavy atom. The van der Waals surface area contributed by atoms with Crippen molar-refractivity contribution in [3.8, 4) is 0 Å². The third-order valence-electron chi connectivity index (χ3n) is 4.78. The van der Waals surface area contributed by atoms with Gasteiger partial charge in [-0.2, -0.15) is 5.10 Å². The van der Waals surface area contributed by atoms with Gasteiger partial charge < -0.3 is 9.64 Å². The predicted molar refractivity (Wildman–Crippen MR) is 115 cm³/mol. The number of methoxy groups -OCH3 is 1. The van der Waals surface area contributed by atoms with E-state index in [1.165, 1.54) is 9.91 Å². The lowest BCUT2D eigenvalue weighted by Gasteiger charge is -2.27. The summed E-state index contributed by atoms with van der Waals surface area (Å²) in [6.07, 6.45) is 0.907. The molecule has 1 aliphatic rings. The van der Waals surface area contributed by atoms with Crippen LogP contribution in [0.25, 0.3) is 0 Å². The lowest BCUT2D eigenvalue weighted by molar-refractivity contribution is -0.141. The van der Waals surface area contributed by atoms with Crippen LogP contribution in [0.15, 0.2) is 46.9 Å². The van der Waals surface area contributed by atoms with Crippen molar-refractivity contribution < 1.29 is 14.3 Å². The molecule has 1 aromatic heterocycles. The van der Waals surface area contributed by atoms with E-state index in [0.29, 0.717) is 31.0 Å². The Labute approximate surface area is 179 Å². The minimum Gasteiger partial charge on any atom is -0.383 e. The maximum Gasteiger partial charge on any atom is 0.262 e. The van der Waals surface area contributed by atoms with E-state index in [2.05, 4.69) is 5.10 Å². The van der Waals surface area contributed by atoms with E-state index in [1.807, 2.05) is 41.8 Å². The van der Waals surface area contributed by atoms with Crippen molar-refractivity contribution in [3.63, 3.8) is 0 Å². The minimum atomic E-state index is -0.297. The fraction of sp³-hybridized carbons (Fsp3) is 0.381. The largest absolute Gasteiger partial charge is 0.383 e. The molecule has 2 heterocycles. The SMILES string of the molecule is CCC(=O)N(CCOC)CC(=O)N1N=C(c2cccs2)C[C@H]1c1ccccc1Cl. The molecule has 0 saturated heterocycles. The van der Waals surface area contributed by atoms with Gasteiger partial charge in [-0.3, -0.25) is 9.59 Å². The van der Waals surface area contributed by atoms with Gasteiger partial charge in [0.1, 0.15) is 6.54 Å². The zero-order chi connectivity index (χ0) is 20.8. The first-order valence-corrected chi connectivity index (χ1v) is 10.8. The summed E-state index contributed by atoms with van der Waals surface area (Å²) in [5.74, 6) is -0.328. The Kier molecular flexibility index (Phi) is 7.41. The Morgan fingerprint density at radius 3 is 2.76 bits per heavy atom. The summed E-state index contributed by atoms with van der Waals surface area (Å²) in [7, 11) is 1.57. The van der Waals surface area contributed by atoms with Crippen molar-refractivity contribution in [2.75, 3.05) is 26.8 Å². The molecule has 0 saturated carbocycles. The summed E-state index contributed by atoms with van der Waals surface area (Å²) in [6.45, 7) is 2.47. The van der Waals surface area contributed by atoms with Crippen LogP contribution in [0.4, 0.5) is 0 Å². The van der Waals surface area contributed by atoms with Crippen LogP contribution in [-0.4, -0.2) is 54.2 Å². The van der Waals surface area contributed by atoms with E-state index in [0.717, 1.165) is 16.2 Å².